The summed E-state index contributed by atoms with van der Waals surface area (Å²) >= 11 is 0. The van der Waals surface area contributed by atoms with Crippen LogP contribution >= 0.6 is 0 Å². The normalized spacial score (nSPS) is 11.0. The van der Waals surface area contributed by atoms with E-state index >= 15 is 0 Å². The van der Waals surface area contributed by atoms with Gasteiger partial charge in [0.2, 0.25) is 5.95 Å². The number of benzene rings is 3. The van der Waals surface area contributed by atoms with E-state index < -0.39 is 5.76 Å². The molecule has 0 bridgehead atoms. The Morgan fingerprint density at radius 2 is 1.90 bits per heavy atom. The van der Waals surface area contributed by atoms with Crippen molar-refractivity contribution in [1.29, 1.82) is 0 Å². The minimum Gasteiger partial charge on any atom is -0.496 e. The van der Waals surface area contributed by atoms with Crippen molar-refractivity contribution in [2.75, 3.05) is 17.7 Å². The van der Waals surface area contributed by atoms with Crippen LogP contribution in [0, 0.1) is 6.92 Å². The molecule has 0 atom stereocenters. The molecule has 0 aliphatic rings. The molecule has 0 spiro atoms. The van der Waals surface area contributed by atoms with Crippen molar-refractivity contribution in [1.82, 2.24) is 15.0 Å². The highest BCUT2D eigenvalue weighted by atomic mass is 16.5. The third kappa shape index (κ3) is 3.66. The van der Waals surface area contributed by atoms with Crippen LogP contribution in [-0.2, 0) is 0 Å². The maximum absolute atomic E-state index is 11.4. The number of H-pyrrole nitrogens is 1. The molecule has 0 radical (unpaired) electrons. The van der Waals surface area contributed by atoms with E-state index in [0.717, 1.165) is 33.5 Å². The Morgan fingerprint density at radius 3 is 2.77 bits per heavy atom. The van der Waals surface area contributed by atoms with Gasteiger partial charge >= 0.3 is 5.76 Å². The SMILES string of the molecule is COc1cc(Nc2ncc(C)c(Nc3ccc4oc(=O)[nH]c4c3)n2)cc2ccccc12. The molecular weight excluding hydrogens is 394 g/mol. The van der Waals surface area contributed by atoms with Gasteiger partial charge in [0, 0.05) is 34.6 Å². The average molecular weight is 413 g/mol. The summed E-state index contributed by atoms with van der Waals surface area (Å²) in [4.78, 5) is 23.0. The molecule has 0 aliphatic carbocycles. The monoisotopic (exact) mass is 413 g/mol. The predicted molar refractivity (Wildman–Crippen MR) is 121 cm³/mol. The van der Waals surface area contributed by atoms with Gasteiger partial charge < -0.3 is 19.8 Å². The highest BCUT2D eigenvalue weighted by Gasteiger charge is 2.09. The van der Waals surface area contributed by atoms with Crippen LogP contribution in [0.2, 0.25) is 0 Å². The molecule has 3 N–H and O–H groups in total. The van der Waals surface area contributed by atoms with Crippen LogP contribution in [0.25, 0.3) is 21.9 Å². The van der Waals surface area contributed by atoms with Crippen LogP contribution in [0.1, 0.15) is 5.56 Å². The van der Waals surface area contributed by atoms with Gasteiger partial charge in [0.1, 0.15) is 11.6 Å². The zero-order valence-electron chi connectivity index (χ0n) is 16.9. The van der Waals surface area contributed by atoms with E-state index in [1.54, 1.807) is 25.4 Å². The maximum Gasteiger partial charge on any atom is 0.417 e. The fourth-order valence-electron chi connectivity index (χ4n) is 3.44. The van der Waals surface area contributed by atoms with Crippen molar-refractivity contribution < 1.29 is 9.15 Å². The van der Waals surface area contributed by atoms with Crippen molar-refractivity contribution in [2.24, 2.45) is 0 Å². The Morgan fingerprint density at radius 1 is 1.03 bits per heavy atom. The summed E-state index contributed by atoms with van der Waals surface area (Å²) in [6.07, 6.45) is 1.74. The molecule has 8 nitrogen and oxygen atoms in total. The van der Waals surface area contributed by atoms with Gasteiger partial charge in [-0.15, -0.1) is 0 Å². The molecule has 5 aromatic rings. The van der Waals surface area contributed by atoms with Crippen molar-refractivity contribution in [3.63, 3.8) is 0 Å². The number of rotatable bonds is 5. The summed E-state index contributed by atoms with van der Waals surface area (Å²) < 4.78 is 10.6. The second-order valence-electron chi connectivity index (χ2n) is 7.10. The van der Waals surface area contributed by atoms with Gasteiger partial charge in [0.05, 0.1) is 12.6 Å². The highest BCUT2D eigenvalue weighted by Crippen LogP contribution is 2.31. The Bertz CT molecular complexity index is 1470. The number of ether oxygens (including phenoxy) is 1. The predicted octanol–water partition coefficient (Wildman–Crippen LogP) is 4.87. The molecular formula is C23H19N5O3. The van der Waals surface area contributed by atoms with Gasteiger partial charge in [-0.3, -0.25) is 4.98 Å². The zero-order valence-corrected chi connectivity index (χ0v) is 16.9. The van der Waals surface area contributed by atoms with Gasteiger partial charge in [-0.05, 0) is 36.6 Å². The summed E-state index contributed by atoms with van der Waals surface area (Å²) in [7, 11) is 1.65. The van der Waals surface area contributed by atoms with Crippen molar-refractivity contribution in [3.8, 4) is 5.75 Å². The molecule has 5 rings (SSSR count). The molecule has 0 saturated carbocycles. The molecule has 31 heavy (non-hydrogen) atoms. The first kappa shape index (κ1) is 18.7. The Kier molecular flexibility index (Phi) is 4.51. The first-order chi connectivity index (χ1) is 15.1. The Labute approximate surface area is 176 Å². The lowest BCUT2D eigenvalue weighted by molar-refractivity contribution is 0.420. The minimum absolute atomic E-state index is 0.447. The lowest BCUT2D eigenvalue weighted by Gasteiger charge is -2.13. The molecule has 0 saturated heterocycles. The number of oxazole rings is 1. The minimum atomic E-state index is -0.484. The third-order valence-corrected chi connectivity index (χ3v) is 4.95. The zero-order chi connectivity index (χ0) is 21.4. The van der Waals surface area contributed by atoms with Gasteiger partial charge in [0.25, 0.3) is 0 Å². The Hall–Kier alpha value is -4.33. The number of nitrogens with zero attached hydrogens (tertiary/aromatic N) is 2. The van der Waals surface area contributed by atoms with Crippen LogP contribution in [0.3, 0.4) is 0 Å². The van der Waals surface area contributed by atoms with Crippen LogP contribution in [0.15, 0.2) is 70.0 Å². The number of aromatic amines is 1. The van der Waals surface area contributed by atoms with Crippen LogP contribution in [-0.4, -0.2) is 22.1 Å². The summed E-state index contributed by atoms with van der Waals surface area (Å²) in [5, 5.41) is 8.62. The number of aromatic nitrogens is 3. The first-order valence-corrected chi connectivity index (χ1v) is 9.66. The standard InChI is InChI=1S/C23H19N5O3/c1-13-12-24-22(26-16-9-14-5-3-4-6-17(14)20(11-16)30-2)28-21(13)25-15-7-8-19-18(10-15)27-23(29)31-19/h3-12H,1-2H3,(H,27,29)(H2,24,25,26,28). The Balaban J connectivity index is 1.45. The van der Waals surface area contributed by atoms with E-state index in [0.29, 0.717) is 22.9 Å². The number of nitrogens with one attached hydrogen (secondary N) is 3. The van der Waals surface area contributed by atoms with Crippen molar-refractivity contribution in [3.05, 3.63) is 76.9 Å². The fourth-order valence-corrected chi connectivity index (χ4v) is 3.44. The number of anilines is 4. The molecule has 0 amide bonds. The van der Waals surface area contributed by atoms with E-state index in [-0.39, 0.29) is 0 Å². The molecule has 0 aliphatic heterocycles. The van der Waals surface area contributed by atoms with E-state index in [4.69, 9.17) is 9.15 Å². The summed E-state index contributed by atoms with van der Waals surface area (Å²) in [6, 6.07) is 17.3. The molecule has 0 unspecified atom stereocenters. The molecule has 8 heteroatoms. The number of aryl methyl sites for hydroxylation is 1. The van der Waals surface area contributed by atoms with Crippen molar-refractivity contribution >= 4 is 45.0 Å². The number of methoxy groups -OCH3 is 1. The van der Waals surface area contributed by atoms with E-state index in [1.807, 2.05) is 49.4 Å². The summed E-state index contributed by atoms with van der Waals surface area (Å²) in [5.41, 5.74) is 3.58. The highest BCUT2D eigenvalue weighted by molar-refractivity contribution is 5.92. The second-order valence-corrected chi connectivity index (χ2v) is 7.10. The van der Waals surface area contributed by atoms with E-state index in [1.165, 1.54) is 0 Å². The van der Waals surface area contributed by atoms with Gasteiger partial charge in [-0.25, -0.2) is 9.78 Å². The number of hydrogen-bond donors (Lipinski definition) is 3. The topological polar surface area (TPSA) is 105 Å². The quantitative estimate of drug-likeness (QED) is 0.377. The van der Waals surface area contributed by atoms with Crippen LogP contribution in [0.5, 0.6) is 5.75 Å². The van der Waals surface area contributed by atoms with Gasteiger partial charge in [-0.2, -0.15) is 4.98 Å². The average Bonchev–Trinajstić information content (AvgIpc) is 3.14. The summed E-state index contributed by atoms with van der Waals surface area (Å²) in [6.45, 7) is 1.92. The number of hydrogen-bond acceptors (Lipinski definition) is 7. The van der Waals surface area contributed by atoms with Crippen LogP contribution < -0.4 is 21.1 Å². The molecule has 2 aromatic heterocycles. The third-order valence-electron chi connectivity index (χ3n) is 4.95. The lowest BCUT2D eigenvalue weighted by atomic mass is 10.1. The largest absolute Gasteiger partial charge is 0.496 e. The molecule has 2 heterocycles. The molecule has 3 aromatic carbocycles. The van der Waals surface area contributed by atoms with Crippen LogP contribution in [0.4, 0.5) is 23.1 Å². The lowest BCUT2D eigenvalue weighted by Crippen LogP contribution is -2.03. The van der Waals surface area contributed by atoms with E-state index in [9.17, 15) is 4.79 Å². The summed E-state index contributed by atoms with van der Waals surface area (Å²) in [5.74, 6) is 1.38. The van der Waals surface area contributed by atoms with Gasteiger partial charge in [-0.1, -0.05) is 24.3 Å². The maximum atomic E-state index is 11.4. The molecule has 0 fully saturated rings. The second kappa shape index (κ2) is 7.49. The first-order valence-electron chi connectivity index (χ1n) is 9.66. The number of fused-ring (bicyclic) bond motifs is 2. The van der Waals surface area contributed by atoms with E-state index in [2.05, 4.69) is 25.6 Å². The van der Waals surface area contributed by atoms with Gasteiger partial charge in [0.15, 0.2) is 5.58 Å². The fraction of sp³-hybridized carbons (Fsp3) is 0.0870. The van der Waals surface area contributed by atoms with Crippen molar-refractivity contribution in [2.45, 2.75) is 6.92 Å². The smallest absolute Gasteiger partial charge is 0.417 e. The molecule has 154 valence electrons.